The van der Waals surface area contributed by atoms with Crippen molar-refractivity contribution in [2.45, 2.75) is 43.7 Å². The summed E-state index contributed by atoms with van der Waals surface area (Å²) in [5.41, 5.74) is 7.98. The third kappa shape index (κ3) is 3.65. The Labute approximate surface area is 129 Å². The Morgan fingerprint density at radius 2 is 1.81 bits per heavy atom. The molecule has 2 aliphatic rings. The minimum absolute atomic E-state index is 0.355. The van der Waals surface area contributed by atoms with Crippen LogP contribution < -0.4 is 5.73 Å². The summed E-state index contributed by atoms with van der Waals surface area (Å²) >= 11 is 0. The Kier molecular flexibility index (Phi) is 4.94. The predicted molar refractivity (Wildman–Crippen MR) is 88.5 cm³/mol. The lowest BCUT2D eigenvalue weighted by Gasteiger charge is -2.41. The first kappa shape index (κ1) is 15.0. The number of nitrogens with two attached hydrogens (primary N) is 1. The summed E-state index contributed by atoms with van der Waals surface area (Å²) in [5, 5.41) is 0. The van der Waals surface area contributed by atoms with Crippen molar-refractivity contribution >= 4 is 0 Å². The quantitative estimate of drug-likeness (QED) is 0.906. The minimum Gasteiger partial charge on any atom is -0.326 e. The van der Waals surface area contributed by atoms with Crippen molar-refractivity contribution in [3.05, 3.63) is 35.9 Å². The van der Waals surface area contributed by atoms with Crippen molar-refractivity contribution in [2.75, 3.05) is 33.2 Å². The Balaban J connectivity index is 1.68. The molecule has 1 saturated carbocycles. The third-order valence-corrected chi connectivity index (χ3v) is 5.36. The highest BCUT2D eigenvalue weighted by molar-refractivity contribution is 5.21. The molecule has 21 heavy (non-hydrogen) atoms. The van der Waals surface area contributed by atoms with Crippen LogP contribution in [0.2, 0.25) is 0 Å². The SMILES string of the molecule is CN1CCCN(C2CC(c3ccccc3)CCC2N)CC1. The molecule has 1 aromatic rings. The largest absolute Gasteiger partial charge is 0.326 e. The fourth-order valence-corrected chi connectivity index (χ4v) is 4.02. The second-order valence-corrected chi connectivity index (χ2v) is 6.84. The number of nitrogens with zero attached hydrogens (tertiary/aromatic N) is 2. The first-order valence-corrected chi connectivity index (χ1v) is 8.47. The zero-order valence-electron chi connectivity index (χ0n) is 13.2. The molecule has 0 radical (unpaired) electrons. The number of hydrogen-bond donors (Lipinski definition) is 1. The molecule has 3 unspecified atom stereocenters. The summed E-state index contributed by atoms with van der Waals surface area (Å²) < 4.78 is 0. The van der Waals surface area contributed by atoms with Gasteiger partial charge in [-0.05, 0) is 57.3 Å². The van der Waals surface area contributed by atoms with Gasteiger partial charge in [0, 0.05) is 25.2 Å². The Morgan fingerprint density at radius 1 is 1.00 bits per heavy atom. The molecule has 0 aromatic heterocycles. The molecule has 0 spiro atoms. The highest BCUT2D eigenvalue weighted by Gasteiger charge is 2.33. The van der Waals surface area contributed by atoms with Crippen LogP contribution in [0.4, 0.5) is 0 Å². The molecule has 1 aliphatic heterocycles. The van der Waals surface area contributed by atoms with Crippen LogP contribution in [0.5, 0.6) is 0 Å². The van der Waals surface area contributed by atoms with Crippen molar-refractivity contribution in [3.63, 3.8) is 0 Å². The van der Waals surface area contributed by atoms with E-state index >= 15 is 0 Å². The van der Waals surface area contributed by atoms with E-state index in [4.69, 9.17) is 5.73 Å². The molecule has 2 N–H and O–H groups in total. The summed E-state index contributed by atoms with van der Waals surface area (Å²) in [6, 6.07) is 11.9. The molecule has 116 valence electrons. The minimum atomic E-state index is 0.355. The second kappa shape index (κ2) is 6.91. The van der Waals surface area contributed by atoms with E-state index in [1.807, 2.05) is 0 Å². The highest BCUT2D eigenvalue weighted by Crippen LogP contribution is 2.34. The first-order valence-electron chi connectivity index (χ1n) is 8.47. The van der Waals surface area contributed by atoms with Crippen molar-refractivity contribution in [1.29, 1.82) is 0 Å². The van der Waals surface area contributed by atoms with Gasteiger partial charge in [0.25, 0.3) is 0 Å². The van der Waals surface area contributed by atoms with E-state index in [0.29, 0.717) is 18.0 Å². The fourth-order valence-electron chi connectivity index (χ4n) is 4.02. The average Bonchev–Trinajstić information content (AvgIpc) is 2.73. The fraction of sp³-hybridized carbons (Fsp3) is 0.667. The maximum absolute atomic E-state index is 6.48. The molecule has 1 heterocycles. The van der Waals surface area contributed by atoms with Crippen LogP contribution in [0.3, 0.4) is 0 Å². The van der Waals surface area contributed by atoms with E-state index < -0.39 is 0 Å². The molecule has 3 heteroatoms. The Hall–Kier alpha value is -0.900. The monoisotopic (exact) mass is 287 g/mol. The smallest absolute Gasteiger partial charge is 0.0253 e. The van der Waals surface area contributed by atoms with E-state index in [1.165, 1.54) is 51.0 Å². The summed E-state index contributed by atoms with van der Waals surface area (Å²) in [5.74, 6) is 0.692. The summed E-state index contributed by atoms with van der Waals surface area (Å²) in [4.78, 5) is 5.12. The van der Waals surface area contributed by atoms with Crippen LogP contribution in [0.15, 0.2) is 30.3 Å². The number of hydrogen-bond acceptors (Lipinski definition) is 3. The second-order valence-electron chi connectivity index (χ2n) is 6.84. The maximum atomic E-state index is 6.48. The zero-order valence-corrected chi connectivity index (χ0v) is 13.2. The van der Waals surface area contributed by atoms with E-state index in [2.05, 4.69) is 47.2 Å². The molecule has 1 aromatic carbocycles. The molecule has 0 amide bonds. The topological polar surface area (TPSA) is 32.5 Å². The van der Waals surface area contributed by atoms with E-state index in [1.54, 1.807) is 0 Å². The van der Waals surface area contributed by atoms with Crippen LogP contribution in [0.25, 0.3) is 0 Å². The van der Waals surface area contributed by atoms with Crippen molar-refractivity contribution in [1.82, 2.24) is 9.80 Å². The van der Waals surface area contributed by atoms with Gasteiger partial charge in [-0.25, -0.2) is 0 Å². The van der Waals surface area contributed by atoms with E-state index in [0.717, 1.165) is 6.42 Å². The molecule has 1 saturated heterocycles. The Morgan fingerprint density at radius 3 is 2.62 bits per heavy atom. The van der Waals surface area contributed by atoms with Gasteiger partial charge in [0.05, 0.1) is 0 Å². The average molecular weight is 287 g/mol. The van der Waals surface area contributed by atoms with Gasteiger partial charge in [-0.15, -0.1) is 0 Å². The van der Waals surface area contributed by atoms with Gasteiger partial charge in [0.1, 0.15) is 0 Å². The lowest BCUT2D eigenvalue weighted by Crippen LogP contribution is -2.51. The van der Waals surface area contributed by atoms with Crippen molar-refractivity contribution in [2.24, 2.45) is 5.73 Å². The lowest BCUT2D eigenvalue weighted by molar-refractivity contribution is 0.132. The summed E-state index contributed by atoms with van der Waals surface area (Å²) in [7, 11) is 2.23. The zero-order chi connectivity index (χ0) is 14.7. The molecule has 2 fully saturated rings. The van der Waals surface area contributed by atoms with E-state index in [9.17, 15) is 0 Å². The van der Waals surface area contributed by atoms with Crippen LogP contribution in [0.1, 0.15) is 37.2 Å². The van der Waals surface area contributed by atoms with Gasteiger partial charge >= 0.3 is 0 Å². The van der Waals surface area contributed by atoms with Crippen LogP contribution >= 0.6 is 0 Å². The van der Waals surface area contributed by atoms with Gasteiger partial charge in [-0.2, -0.15) is 0 Å². The number of benzene rings is 1. The molecule has 1 aliphatic carbocycles. The molecule has 0 bridgehead atoms. The molecule has 3 atom stereocenters. The molecular formula is C18H29N3. The van der Waals surface area contributed by atoms with Gasteiger partial charge in [-0.3, -0.25) is 4.90 Å². The van der Waals surface area contributed by atoms with Gasteiger partial charge in [-0.1, -0.05) is 30.3 Å². The number of rotatable bonds is 2. The molecule has 3 nitrogen and oxygen atoms in total. The van der Waals surface area contributed by atoms with E-state index in [-0.39, 0.29) is 0 Å². The van der Waals surface area contributed by atoms with Crippen molar-refractivity contribution in [3.8, 4) is 0 Å². The van der Waals surface area contributed by atoms with Crippen molar-refractivity contribution < 1.29 is 0 Å². The van der Waals surface area contributed by atoms with Crippen LogP contribution in [-0.2, 0) is 0 Å². The maximum Gasteiger partial charge on any atom is 0.0253 e. The summed E-state index contributed by atoms with van der Waals surface area (Å²) in [6.45, 7) is 4.79. The standard InChI is InChI=1S/C18H29N3/c1-20-10-5-11-21(13-12-20)18-14-16(8-9-17(18)19)15-6-3-2-4-7-15/h2-4,6-7,16-18H,5,8-14,19H2,1H3. The Bertz CT molecular complexity index is 433. The third-order valence-electron chi connectivity index (χ3n) is 5.36. The molecular weight excluding hydrogens is 258 g/mol. The van der Waals surface area contributed by atoms with Crippen LogP contribution in [-0.4, -0.2) is 55.1 Å². The highest BCUT2D eigenvalue weighted by atomic mass is 15.2. The summed E-state index contributed by atoms with van der Waals surface area (Å²) in [6.07, 6.45) is 4.91. The van der Waals surface area contributed by atoms with Gasteiger partial charge < -0.3 is 10.6 Å². The predicted octanol–water partition coefficient (Wildman–Crippen LogP) is 2.29. The first-order chi connectivity index (χ1) is 10.2. The lowest BCUT2D eigenvalue weighted by atomic mass is 9.78. The van der Waals surface area contributed by atoms with Crippen LogP contribution in [0, 0.1) is 0 Å². The normalized spacial score (nSPS) is 32.8. The number of likely N-dealkylation sites (N-methyl/N-ethyl adjacent to an activating group) is 1. The van der Waals surface area contributed by atoms with Gasteiger partial charge in [0.2, 0.25) is 0 Å². The van der Waals surface area contributed by atoms with Gasteiger partial charge in [0.15, 0.2) is 0 Å². The molecule has 3 rings (SSSR count).